The van der Waals surface area contributed by atoms with E-state index in [4.69, 9.17) is 21.7 Å². The summed E-state index contributed by atoms with van der Waals surface area (Å²) in [5.41, 5.74) is 4.68. The van der Waals surface area contributed by atoms with Crippen LogP contribution in [-0.4, -0.2) is 18.3 Å². The molecule has 2 aliphatic carbocycles. The molecule has 4 nitrogen and oxygen atoms in total. The largest absolute Gasteiger partial charge is 0.494 e. The van der Waals surface area contributed by atoms with E-state index in [0.29, 0.717) is 18.3 Å². The maximum atomic E-state index is 5.40. The van der Waals surface area contributed by atoms with Gasteiger partial charge >= 0.3 is 0 Å². The van der Waals surface area contributed by atoms with Gasteiger partial charge in [0.1, 0.15) is 11.5 Å². The molecule has 6 heteroatoms. The van der Waals surface area contributed by atoms with Gasteiger partial charge in [0.2, 0.25) is 0 Å². The third-order valence-electron chi connectivity index (χ3n) is 4.82. The van der Waals surface area contributed by atoms with Gasteiger partial charge < -0.3 is 20.1 Å². The van der Waals surface area contributed by atoms with Crippen LogP contribution in [0.25, 0.3) is 0 Å². The fraction of sp³-hybridized carbons (Fsp3) is 0.214. The van der Waals surface area contributed by atoms with Gasteiger partial charge in [0, 0.05) is 37.2 Å². The summed E-state index contributed by atoms with van der Waals surface area (Å²) in [5, 5.41) is 6.80. The molecule has 0 amide bonds. The third-order valence-corrected chi connectivity index (χ3v) is 5.02. The van der Waals surface area contributed by atoms with Crippen LogP contribution in [0.15, 0.2) is 96.1 Å². The second-order valence-corrected chi connectivity index (χ2v) is 7.79. The van der Waals surface area contributed by atoms with Gasteiger partial charge in [-0.2, -0.15) is 29.7 Å². The first-order valence-electron chi connectivity index (χ1n) is 11.3. The Bertz CT molecular complexity index is 944. The van der Waals surface area contributed by atoms with Crippen LogP contribution in [0.5, 0.6) is 11.5 Å². The summed E-state index contributed by atoms with van der Waals surface area (Å²) in [5.74, 6) is 1.69. The summed E-state index contributed by atoms with van der Waals surface area (Å²) in [6, 6.07) is 15.3. The van der Waals surface area contributed by atoms with Gasteiger partial charge in [-0.15, -0.1) is 12.2 Å². The van der Waals surface area contributed by atoms with Crippen LogP contribution in [0.4, 0.5) is 11.4 Å². The van der Waals surface area contributed by atoms with Crippen LogP contribution in [-0.2, 0) is 25.8 Å². The maximum Gasteiger partial charge on any atom is 0.175 e. The van der Waals surface area contributed by atoms with E-state index in [0.717, 1.165) is 35.7 Å². The smallest absolute Gasteiger partial charge is 0.175 e. The number of anilines is 2. The van der Waals surface area contributed by atoms with Crippen molar-refractivity contribution in [3.05, 3.63) is 103 Å². The Morgan fingerprint density at radius 1 is 0.765 bits per heavy atom. The molecular formula is C28H31HfN2O2S-. The van der Waals surface area contributed by atoms with Gasteiger partial charge in [-0.3, -0.25) is 0 Å². The van der Waals surface area contributed by atoms with E-state index in [-0.39, 0.29) is 25.8 Å². The number of hydrogen-bond acceptors (Lipinski definition) is 3. The molecule has 4 rings (SSSR count). The quantitative estimate of drug-likeness (QED) is 0.181. The Kier molecular flexibility index (Phi) is 12.5. The summed E-state index contributed by atoms with van der Waals surface area (Å²) >= 11 is 5.30. The molecule has 2 aromatic carbocycles. The minimum absolute atomic E-state index is 0. The molecule has 2 N–H and O–H groups in total. The fourth-order valence-corrected chi connectivity index (χ4v) is 3.51. The van der Waals surface area contributed by atoms with E-state index < -0.39 is 0 Å². The van der Waals surface area contributed by atoms with E-state index in [9.17, 15) is 0 Å². The molecule has 0 aromatic heterocycles. The number of hydrogen-bond donors (Lipinski definition) is 2. The average molecular weight is 638 g/mol. The molecule has 0 bridgehead atoms. The van der Waals surface area contributed by atoms with Crippen molar-refractivity contribution in [2.75, 3.05) is 23.8 Å². The predicted molar refractivity (Wildman–Crippen MR) is 143 cm³/mol. The SMILES string of the molecule is C1=CCC([CH-]C2=CC=CC2)=C1.CCOc1ccc(NC(=S)Nc2ccc(OCC)cc2)cc1.[Hf]. The minimum Gasteiger partial charge on any atom is -0.494 e. The van der Waals surface area contributed by atoms with Crippen molar-refractivity contribution in [2.45, 2.75) is 26.7 Å². The summed E-state index contributed by atoms with van der Waals surface area (Å²) in [4.78, 5) is 0. The molecule has 0 saturated carbocycles. The van der Waals surface area contributed by atoms with Crippen LogP contribution < -0.4 is 20.1 Å². The number of nitrogens with one attached hydrogen (secondary N) is 2. The molecule has 0 fully saturated rings. The average Bonchev–Trinajstić information content (AvgIpc) is 3.52. The zero-order valence-corrected chi connectivity index (χ0v) is 24.1. The zero-order chi connectivity index (χ0) is 23.3. The molecular weight excluding hydrogens is 607 g/mol. The first-order valence-corrected chi connectivity index (χ1v) is 11.7. The number of allylic oxidation sites excluding steroid dienone is 8. The Hall–Kier alpha value is -2.57. The van der Waals surface area contributed by atoms with Gasteiger partial charge in [-0.25, -0.2) is 0 Å². The van der Waals surface area contributed by atoms with E-state index in [1.165, 1.54) is 11.1 Å². The molecule has 0 radical (unpaired) electrons. The molecule has 0 saturated heterocycles. The van der Waals surface area contributed by atoms with Gasteiger partial charge in [0.05, 0.1) is 13.2 Å². The van der Waals surface area contributed by atoms with Crippen molar-refractivity contribution in [1.29, 1.82) is 0 Å². The minimum atomic E-state index is 0. The van der Waals surface area contributed by atoms with Crippen molar-refractivity contribution in [1.82, 2.24) is 0 Å². The molecule has 0 atom stereocenters. The van der Waals surface area contributed by atoms with Crippen LogP contribution in [0.2, 0.25) is 0 Å². The summed E-state index contributed by atoms with van der Waals surface area (Å²) < 4.78 is 10.8. The van der Waals surface area contributed by atoms with Crippen molar-refractivity contribution >= 4 is 28.7 Å². The fourth-order valence-electron chi connectivity index (χ4n) is 3.28. The Balaban J connectivity index is 0.000000284. The topological polar surface area (TPSA) is 42.5 Å². The first kappa shape index (κ1) is 27.7. The Labute approximate surface area is 227 Å². The maximum absolute atomic E-state index is 5.40. The van der Waals surface area contributed by atoms with Crippen LogP contribution >= 0.6 is 12.2 Å². The third kappa shape index (κ3) is 9.74. The molecule has 0 heterocycles. The second-order valence-electron chi connectivity index (χ2n) is 7.39. The van der Waals surface area contributed by atoms with Crippen molar-refractivity contribution in [2.24, 2.45) is 0 Å². The molecule has 176 valence electrons. The van der Waals surface area contributed by atoms with Gasteiger partial charge in [-0.1, -0.05) is 12.2 Å². The molecule has 2 aliphatic rings. The van der Waals surface area contributed by atoms with E-state index >= 15 is 0 Å². The van der Waals surface area contributed by atoms with Crippen LogP contribution in [0.3, 0.4) is 0 Å². The Morgan fingerprint density at radius 3 is 1.50 bits per heavy atom. The normalized spacial score (nSPS) is 13.0. The van der Waals surface area contributed by atoms with Crippen molar-refractivity contribution < 1.29 is 35.3 Å². The number of rotatable bonds is 8. The molecule has 0 aliphatic heterocycles. The van der Waals surface area contributed by atoms with Crippen molar-refractivity contribution in [3.63, 3.8) is 0 Å². The van der Waals surface area contributed by atoms with E-state index in [2.05, 4.69) is 53.5 Å². The summed E-state index contributed by atoms with van der Waals surface area (Å²) in [6.07, 6.45) is 17.5. The van der Waals surface area contributed by atoms with Crippen LogP contribution in [0.1, 0.15) is 26.7 Å². The molecule has 34 heavy (non-hydrogen) atoms. The summed E-state index contributed by atoms with van der Waals surface area (Å²) in [6.45, 7) is 5.24. The van der Waals surface area contributed by atoms with Gasteiger partial charge in [0.15, 0.2) is 5.11 Å². The standard InChI is InChI=1S/C17H20N2O2S.C11H11.Hf/c1-3-20-15-9-5-13(6-10-15)18-17(22)19-14-7-11-16(12-8-14)21-4-2;1-2-6-10(5-1)9-11-7-3-4-8-11;/h5-12H,3-4H2,1-2H3,(H2,18,19,22);1-5,7,9H,6,8H2;/q;-1;. The first-order chi connectivity index (χ1) is 16.2. The van der Waals surface area contributed by atoms with E-state index in [1.807, 2.05) is 62.4 Å². The molecule has 2 aromatic rings. The van der Waals surface area contributed by atoms with Crippen molar-refractivity contribution in [3.8, 4) is 11.5 Å². The number of benzene rings is 2. The number of thiocarbonyl (C=S) groups is 1. The molecule has 0 unspecified atom stereocenters. The predicted octanol–water partition coefficient (Wildman–Crippen LogP) is 7.25. The number of ether oxygens (including phenoxy) is 2. The Morgan fingerprint density at radius 2 is 1.18 bits per heavy atom. The summed E-state index contributed by atoms with van der Waals surface area (Å²) in [7, 11) is 0. The van der Waals surface area contributed by atoms with Gasteiger partial charge in [0.25, 0.3) is 0 Å². The molecule has 0 spiro atoms. The monoisotopic (exact) mass is 639 g/mol. The zero-order valence-electron chi connectivity index (χ0n) is 19.7. The van der Waals surface area contributed by atoms with E-state index in [1.54, 1.807) is 0 Å². The second kappa shape index (κ2) is 15.4. The van der Waals surface area contributed by atoms with Crippen LogP contribution in [0, 0.1) is 6.42 Å². The van der Waals surface area contributed by atoms with Gasteiger partial charge in [-0.05, 0) is 87.4 Å².